The van der Waals surface area contributed by atoms with Crippen LogP contribution in [-0.2, 0) is 16.2 Å². The minimum absolute atomic E-state index is 0.0758. The molecule has 8 heteroatoms. The average molecular weight is 310 g/mol. The van der Waals surface area contributed by atoms with Crippen molar-refractivity contribution in [2.75, 3.05) is 19.6 Å². The molecule has 0 radical (unpaired) electrons. The van der Waals surface area contributed by atoms with Gasteiger partial charge in [-0.3, -0.25) is 0 Å². The van der Waals surface area contributed by atoms with Crippen LogP contribution < -0.4 is 5.73 Å². The lowest BCUT2D eigenvalue weighted by molar-refractivity contribution is -0.137. The molecule has 0 saturated carbocycles. The Morgan fingerprint density at radius 3 is 2.40 bits per heavy atom. The third kappa shape index (κ3) is 3.94. The summed E-state index contributed by atoms with van der Waals surface area (Å²) in [5.74, 6) is 0. The number of hydrogen-bond acceptors (Lipinski definition) is 3. The molecule has 0 aromatic heterocycles. The van der Waals surface area contributed by atoms with Crippen molar-refractivity contribution >= 4 is 10.0 Å². The van der Waals surface area contributed by atoms with Gasteiger partial charge in [0, 0.05) is 19.6 Å². The Bertz CT molecular complexity index is 538. The predicted octanol–water partition coefficient (Wildman–Crippen LogP) is 2.06. The first-order valence-corrected chi connectivity index (χ1v) is 7.55. The van der Waals surface area contributed by atoms with Crippen LogP contribution in [0, 0.1) is 0 Å². The van der Waals surface area contributed by atoms with E-state index in [-0.39, 0.29) is 24.5 Å². The third-order valence-electron chi connectivity index (χ3n) is 2.65. The van der Waals surface area contributed by atoms with E-state index in [1.165, 1.54) is 0 Å². The molecule has 0 amide bonds. The van der Waals surface area contributed by atoms with Crippen LogP contribution in [0.5, 0.6) is 0 Å². The van der Waals surface area contributed by atoms with Gasteiger partial charge in [-0.25, -0.2) is 8.42 Å². The smallest absolute Gasteiger partial charge is 0.329 e. The molecule has 0 aliphatic heterocycles. The lowest BCUT2D eigenvalue weighted by Crippen LogP contribution is -2.36. The second-order valence-electron chi connectivity index (χ2n) is 4.22. The van der Waals surface area contributed by atoms with E-state index in [1.54, 1.807) is 6.92 Å². The lowest BCUT2D eigenvalue weighted by atomic mass is 10.2. The number of benzene rings is 1. The largest absolute Gasteiger partial charge is 0.416 e. The van der Waals surface area contributed by atoms with Crippen LogP contribution in [0.25, 0.3) is 0 Å². The Morgan fingerprint density at radius 2 is 1.90 bits per heavy atom. The van der Waals surface area contributed by atoms with Crippen LogP contribution >= 0.6 is 0 Å². The van der Waals surface area contributed by atoms with Crippen LogP contribution in [-0.4, -0.2) is 32.4 Å². The maximum atomic E-state index is 12.6. The van der Waals surface area contributed by atoms with E-state index in [4.69, 9.17) is 5.73 Å². The van der Waals surface area contributed by atoms with Crippen molar-refractivity contribution in [2.24, 2.45) is 5.73 Å². The Balaban J connectivity index is 3.20. The molecule has 114 valence electrons. The molecule has 0 bridgehead atoms. The maximum absolute atomic E-state index is 12.6. The Morgan fingerprint density at radius 1 is 1.25 bits per heavy atom. The van der Waals surface area contributed by atoms with Gasteiger partial charge in [-0.15, -0.1) is 0 Å². The fraction of sp³-hybridized carbons (Fsp3) is 0.500. The SMILES string of the molecule is CCCN(CCN)S(=O)(=O)c1cccc(C(F)(F)F)c1. The summed E-state index contributed by atoms with van der Waals surface area (Å²) in [5, 5.41) is 0. The fourth-order valence-corrected chi connectivity index (χ4v) is 3.32. The van der Waals surface area contributed by atoms with Gasteiger partial charge in [-0.2, -0.15) is 17.5 Å². The topological polar surface area (TPSA) is 63.4 Å². The molecule has 1 rings (SSSR count). The van der Waals surface area contributed by atoms with Gasteiger partial charge in [0.15, 0.2) is 0 Å². The van der Waals surface area contributed by atoms with E-state index < -0.39 is 21.8 Å². The summed E-state index contributed by atoms with van der Waals surface area (Å²) in [5.41, 5.74) is 4.36. The molecule has 0 atom stereocenters. The van der Waals surface area contributed by atoms with E-state index in [2.05, 4.69) is 0 Å². The molecule has 0 spiro atoms. The van der Waals surface area contributed by atoms with Crippen LogP contribution in [0.3, 0.4) is 0 Å². The summed E-state index contributed by atoms with van der Waals surface area (Å²) >= 11 is 0. The summed E-state index contributed by atoms with van der Waals surface area (Å²) in [6.45, 7) is 2.19. The van der Waals surface area contributed by atoms with Crippen molar-refractivity contribution in [1.82, 2.24) is 4.31 Å². The first-order valence-electron chi connectivity index (χ1n) is 6.11. The second-order valence-corrected chi connectivity index (χ2v) is 6.16. The molecule has 4 nitrogen and oxygen atoms in total. The van der Waals surface area contributed by atoms with Gasteiger partial charge in [0.25, 0.3) is 0 Å². The monoisotopic (exact) mass is 310 g/mol. The number of hydrogen-bond donors (Lipinski definition) is 1. The van der Waals surface area contributed by atoms with E-state index in [0.29, 0.717) is 12.5 Å². The highest BCUT2D eigenvalue weighted by Crippen LogP contribution is 2.31. The third-order valence-corrected chi connectivity index (χ3v) is 4.55. The quantitative estimate of drug-likeness (QED) is 0.875. The standard InChI is InChI=1S/C12H17F3N2O2S/c1-2-7-17(8-6-16)20(18,19)11-5-3-4-10(9-11)12(13,14)15/h3-5,9H,2,6-8,16H2,1H3. The van der Waals surface area contributed by atoms with Crippen molar-refractivity contribution in [3.63, 3.8) is 0 Å². The normalized spacial score (nSPS) is 12.9. The molecule has 0 aliphatic rings. The number of nitrogens with two attached hydrogens (primary N) is 1. The number of sulfonamides is 1. The molecule has 0 fully saturated rings. The van der Waals surface area contributed by atoms with Gasteiger partial charge in [-0.1, -0.05) is 13.0 Å². The summed E-state index contributed by atoms with van der Waals surface area (Å²) in [7, 11) is -3.95. The molecule has 20 heavy (non-hydrogen) atoms. The van der Waals surface area contributed by atoms with Crippen molar-refractivity contribution < 1.29 is 21.6 Å². The van der Waals surface area contributed by atoms with Crippen molar-refractivity contribution in [1.29, 1.82) is 0 Å². The zero-order valence-corrected chi connectivity index (χ0v) is 11.8. The highest BCUT2D eigenvalue weighted by molar-refractivity contribution is 7.89. The van der Waals surface area contributed by atoms with Crippen LogP contribution in [0.1, 0.15) is 18.9 Å². The number of alkyl halides is 3. The number of halogens is 3. The molecular formula is C12H17F3N2O2S. The molecule has 0 unspecified atom stereocenters. The van der Waals surface area contributed by atoms with E-state index in [9.17, 15) is 21.6 Å². The van der Waals surface area contributed by atoms with E-state index >= 15 is 0 Å². The highest BCUT2D eigenvalue weighted by atomic mass is 32.2. The summed E-state index contributed by atoms with van der Waals surface area (Å²) in [4.78, 5) is -0.366. The first kappa shape index (κ1) is 16.9. The molecule has 0 heterocycles. The number of nitrogens with zero attached hydrogens (tertiary/aromatic N) is 1. The molecule has 2 N–H and O–H groups in total. The average Bonchev–Trinajstić information content (AvgIpc) is 2.37. The van der Waals surface area contributed by atoms with Gasteiger partial charge in [0.1, 0.15) is 0 Å². The summed E-state index contributed by atoms with van der Waals surface area (Å²) < 4.78 is 63.6. The van der Waals surface area contributed by atoms with Crippen molar-refractivity contribution in [3.8, 4) is 0 Å². The molecule has 0 saturated heterocycles. The molecule has 1 aromatic rings. The van der Waals surface area contributed by atoms with Gasteiger partial charge >= 0.3 is 6.18 Å². The maximum Gasteiger partial charge on any atom is 0.416 e. The van der Waals surface area contributed by atoms with Crippen molar-refractivity contribution in [3.05, 3.63) is 29.8 Å². The fourth-order valence-electron chi connectivity index (χ4n) is 1.73. The van der Waals surface area contributed by atoms with Crippen LogP contribution in [0.15, 0.2) is 29.2 Å². The van der Waals surface area contributed by atoms with Gasteiger partial charge in [0.2, 0.25) is 10.0 Å². The first-order chi connectivity index (χ1) is 9.23. The Hall–Kier alpha value is -1.12. The van der Waals surface area contributed by atoms with Gasteiger partial charge in [0.05, 0.1) is 10.5 Å². The summed E-state index contributed by atoms with van der Waals surface area (Å²) in [6, 6.07) is 3.73. The Kier molecular flexibility index (Phi) is 5.55. The minimum Gasteiger partial charge on any atom is -0.329 e. The predicted molar refractivity (Wildman–Crippen MR) is 69.5 cm³/mol. The zero-order chi connectivity index (χ0) is 15.4. The Labute approximate surface area is 116 Å². The summed E-state index contributed by atoms with van der Waals surface area (Å²) in [6.07, 6.45) is -4.02. The van der Waals surface area contributed by atoms with E-state index in [1.807, 2.05) is 0 Å². The molecular weight excluding hydrogens is 293 g/mol. The van der Waals surface area contributed by atoms with Gasteiger partial charge < -0.3 is 5.73 Å². The van der Waals surface area contributed by atoms with E-state index in [0.717, 1.165) is 22.5 Å². The number of rotatable bonds is 6. The van der Waals surface area contributed by atoms with Crippen molar-refractivity contribution in [2.45, 2.75) is 24.4 Å². The molecule has 1 aromatic carbocycles. The molecule has 0 aliphatic carbocycles. The highest BCUT2D eigenvalue weighted by Gasteiger charge is 2.32. The second kappa shape index (κ2) is 6.55. The van der Waals surface area contributed by atoms with Gasteiger partial charge in [-0.05, 0) is 24.6 Å². The van der Waals surface area contributed by atoms with Crippen LogP contribution in [0.4, 0.5) is 13.2 Å². The zero-order valence-electron chi connectivity index (χ0n) is 11.0. The lowest BCUT2D eigenvalue weighted by Gasteiger charge is -2.21. The minimum atomic E-state index is -4.57. The van der Waals surface area contributed by atoms with Crippen LogP contribution in [0.2, 0.25) is 0 Å².